The molecule has 1 aromatic rings. The van der Waals surface area contributed by atoms with Crippen LogP contribution in [0.2, 0.25) is 0 Å². The zero-order valence-electron chi connectivity index (χ0n) is 11.1. The first-order chi connectivity index (χ1) is 8.65. The van der Waals surface area contributed by atoms with Crippen LogP contribution >= 0.6 is 0 Å². The van der Waals surface area contributed by atoms with E-state index in [1.54, 1.807) is 6.26 Å². The van der Waals surface area contributed by atoms with Crippen LogP contribution in [-0.4, -0.2) is 55.0 Å². The largest absolute Gasteiger partial charge is 0.467 e. The van der Waals surface area contributed by atoms with Gasteiger partial charge in [-0.2, -0.15) is 0 Å². The Labute approximate surface area is 108 Å². The van der Waals surface area contributed by atoms with E-state index in [0.717, 1.165) is 25.4 Å². The van der Waals surface area contributed by atoms with E-state index in [1.807, 2.05) is 12.1 Å². The highest BCUT2D eigenvalue weighted by atomic mass is 16.3. The molecular formula is C13H21N3O2. The van der Waals surface area contributed by atoms with Gasteiger partial charge in [0, 0.05) is 25.7 Å². The lowest BCUT2D eigenvalue weighted by Gasteiger charge is -2.37. The molecule has 1 aliphatic rings. The summed E-state index contributed by atoms with van der Waals surface area (Å²) >= 11 is 0. The van der Waals surface area contributed by atoms with Crippen molar-refractivity contribution in [2.75, 3.05) is 33.2 Å². The lowest BCUT2D eigenvalue weighted by molar-refractivity contribution is -0.123. The van der Waals surface area contributed by atoms with Crippen LogP contribution in [-0.2, 0) is 11.3 Å². The van der Waals surface area contributed by atoms with Crippen molar-refractivity contribution in [3.63, 3.8) is 0 Å². The Morgan fingerprint density at radius 1 is 1.56 bits per heavy atom. The first-order valence-corrected chi connectivity index (χ1v) is 6.37. The molecule has 0 spiro atoms. The Balaban J connectivity index is 1.73. The molecule has 5 heteroatoms. The number of amides is 1. The fraction of sp³-hybridized carbons (Fsp3) is 0.615. The molecule has 0 saturated carbocycles. The predicted molar refractivity (Wildman–Crippen MR) is 69.1 cm³/mol. The van der Waals surface area contributed by atoms with Crippen molar-refractivity contribution in [3.8, 4) is 0 Å². The molecule has 1 aliphatic heterocycles. The number of nitrogens with zero attached hydrogens (tertiary/aromatic N) is 2. The van der Waals surface area contributed by atoms with E-state index in [1.165, 1.54) is 0 Å². The van der Waals surface area contributed by atoms with Crippen molar-refractivity contribution in [2.45, 2.75) is 19.5 Å². The summed E-state index contributed by atoms with van der Waals surface area (Å²) in [4.78, 5) is 16.3. The molecule has 0 aliphatic carbocycles. The number of rotatable bonds is 4. The number of carbonyl (C=O) groups is 1. The van der Waals surface area contributed by atoms with Gasteiger partial charge in [0.05, 0.1) is 19.4 Å². The van der Waals surface area contributed by atoms with Gasteiger partial charge in [0.25, 0.3) is 0 Å². The summed E-state index contributed by atoms with van der Waals surface area (Å²) in [5.74, 6) is 0.845. The summed E-state index contributed by atoms with van der Waals surface area (Å²) in [7, 11) is 2.12. The van der Waals surface area contributed by atoms with E-state index in [4.69, 9.17) is 4.42 Å². The second-order valence-corrected chi connectivity index (χ2v) is 4.94. The third-order valence-corrected chi connectivity index (χ3v) is 3.35. The smallest absolute Gasteiger partial charge is 0.234 e. The summed E-state index contributed by atoms with van der Waals surface area (Å²) in [6, 6.07) is 4.11. The average Bonchev–Trinajstić information content (AvgIpc) is 2.83. The number of likely N-dealkylation sites (N-methyl/N-ethyl adjacent to an activating group) is 1. The minimum atomic E-state index is 0.0582. The minimum absolute atomic E-state index is 0.0582. The molecule has 2 rings (SSSR count). The van der Waals surface area contributed by atoms with E-state index < -0.39 is 0 Å². The minimum Gasteiger partial charge on any atom is -0.467 e. The molecule has 0 aromatic carbocycles. The van der Waals surface area contributed by atoms with Crippen LogP contribution in [0, 0.1) is 0 Å². The quantitative estimate of drug-likeness (QED) is 0.848. The molecule has 1 aromatic heterocycles. The van der Waals surface area contributed by atoms with Gasteiger partial charge in [-0.25, -0.2) is 0 Å². The summed E-state index contributed by atoms with van der Waals surface area (Å²) in [6.45, 7) is 6.09. The Bertz CT molecular complexity index is 378. The van der Waals surface area contributed by atoms with Gasteiger partial charge in [-0.15, -0.1) is 0 Å². The second kappa shape index (κ2) is 6.02. The lowest BCUT2D eigenvalue weighted by Crippen LogP contribution is -2.53. The Hall–Kier alpha value is -1.33. The third-order valence-electron chi connectivity index (χ3n) is 3.35. The summed E-state index contributed by atoms with van der Waals surface area (Å²) < 4.78 is 5.17. The van der Waals surface area contributed by atoms with Gasteiger partial charge in [0.15, 0.2) is 0 Å². The Kier molecular flexibility index (Phi) is 4.38. The molecule has 18 heavy (non-hydrogen) atoms. The second-order valence-electron chi connectivity index (χ2n) is 4.94. The van der Waals surface area contributed by atoms with Crippen LogP contribution in [0.5, 0.6) is 0 Å². The van der Waals surface area contributed by atoms with Crippen molar-refractivity contribution in [2.24, 2.45) is 0 Å². The number of piperazine rings is 1. The van der Waals surface area contributed by atoms with Crippen LogP contribution in [0.25, 0.3) is 0 Å². The van der Waals surface area contributed by atoms with Crippen molar-refractivity contribution in [1.29, 1.82) is 0 Å². The van der Waals surface area contributed by atoms with Crippen LogP contribution in [0.15, 0.2) is 22.8 Å². The molecule has 1 saturated heterocycles. The topological polar surface area (TPSA) is 48.7 Å². The molecule has 1 atom stereocenters. The van der Waals surface area contributed by atoms with Gasteiger partial charge in [0.1, 0.15) is 5.76 Å². The lowest BCUT2D eigenvalue weighted by atomic mass is 10.2. The SMILES string of the molecule is CC1CN(C)CCN1CC(=O)NCc1ccco1. The highest BCUT2D eigenvalue weighted by Gasteiger charge is 2.22. The molecule has 0 bridgehead atoms. The number of hydrogen-bond donors (Lipinski definition) is 1. The zero-order valence-corrected chi connectivity index (χ0v) is 11.1. The maximum Gasteiger partial charge on any atom is 0.234 e. The maximum absolute atomic E-state index is 11.8. The van der Waals surface area contributed by atoms with E-state index in [-0.39, 0.29) is 5.91 Å². The number of furan rings is 1. The van der Waals surface area contributed by atoms with Gasteiger partial charge in [-0.3, -0.25) is 9.69 Å². The maximum atomic E-state index is 11.8. The average molecular weight is 251 g/mol. The Morgan fingerprint density at radius 2 is 2.39 bits per heavy atom. The molecule has 100 valence electrons. The summed E-state index contributed by atoms with van der Waals surface area (Å²) in [5.41, 5.74) is 0. The van der Waals surface area contributed by atoms with Crippen molar-refractivity contribution >= 4 is 5.91 Å². The normalized spacial score (nSPS) is 22.0. The van der Waals surface area contributed by atoms with Gasteiger partial charge in [0.2, 0.25) is 5.91 Å². The predicted octanol–water partition coefficient (Wildman–Crippen LogP) is 0.532. The van der Waals surface area contributed by atoms with Crippen molar-refractivity contribution in [1.82, 2.24) is 15.1 Å². The molecular weight excluding hydrogens is 230 g/mol. The number of carbonyl (C=O) groups excluding carboxylic acids is 1. The number of hydrogen-bond acceptors (Lipinski definition) is 4. The summed E-state index contributed by atoms with van der Waals surface area (Å²) in [5, 5.41) is 2.88. The molecule has 0 radical (unpaired) electrons. The first kappa shape index (κ1) is 13.1. The zero-order chi connectivity index (χ0) is 13.0. The van der Waals surface area contributed by atoms with Gasteiger partial charge in [-0.1, -0.05) is 0 Å². The van der Waals surface area contributed by atoms with E-state index in [0.29, 0.717) is 19.1 Å². The first-order valence-electron chi connectivity index (χ1n) is 6.37. The van der Waals surface area contributed by atoms with E-state index >= 15 is 0 Å². The van der Waals surface area contributed by atoms with Crippen LogP contribution < -0.4 is 5.32 Å². The molecule has 1 amide bonds. The molecule has 1 unspecified atom stereocenters. The summed E-state index contributed by atoms with van der Waals surface area (Å²) in [6.07, 6.45) is 1.62. The van der Waals surface area contributed by atoms with Gasteiger partial charge >= 0.3 is 0 Å². The van der Waals surface area contributed by atoms with Crippen LogP contribution in [0.4, 0.5) is 0 Å². The highest BCUT2D eigenvalue weighted by molar-refractivity contribution is 5.78. The fourth-order valence-corrected chi connectivity index (χ4v) is 2.25. The van der Waals surface area contributed by atoms with Crippen molar-refractivity contribution in [3.05, 3.63) is 24.2 Å². The van der Waals surface area contributed by atoms with Gasteiger partial charge in [-0.05, 0) is 26.1 Å². The molecule has 5 nitrogen and oxygen atoms in total. The number of nitrogens with one attached hydrogen (secondary N) is 1. The van der Waals surface area contributed by atoms with E-state index in [9.17, 15) is 4.79 Å². The third kappa shape index (κ3) is 3.58. The van der Waals surface area contributed by atoms with Crippen LogP contribution in [0.1, 0.15) is 12.7 Å². The molecule has 2 heterocycles. The fourth-order valence-electron chi connectivity index (χ4n) is 2.25. The standard InChI is InChI=1S/C13H21N3O2/c1-11-9-15(2)5-6-16(11)10-13(17)14-8-12-4-3-7-18-12/h3-4,7,11H,5-6,8-10H2,1-2H3,(H,14,17). The van der Waals surface area contributed by atoms with Crippen LogP contribution in [0.3, 0.4) is 0 Å². The monoisotopic (exact) mass is 251 g/mol. The van der Waals surface area contributed by atoms with Gasteiger partial charge < -0.3 is 14.6 Å². The highest BCUT2D eigenvalue weighted by Crippen LogP contribution is 2.07. The molecule has 1 fully saturated rings. The van der Waals surface area contributed by atoms with E-state index in [2.05, 4.69) is 29.1 Å². The van der Waals surface area contributed by atoms with Crippen molar-refractivity contribution < 1.29 is 9.21 Å². The molecule has 1 N–H and O–H groups in total. The Morgan fingerprint density at radius 3 is 3.06 bits per heavy atom.